The van der Waals surface area contributed by atoms with E-state index in [4.69, 9.17) is 5.14 Å². The molecule has 2 aromatic carbocycles. The van der Waals surface area contributed by atoms with Crippen molar-refractivity contribution in [1.29, 1.82) is 0 Å². The number of primary sulfonamides is 1. The van der Waals surface area contributed by atoms with Gasteiger partial charge in [-0.25, -0.2) is 27.9 Å². The first-order valence-corrected chi connectivity index (χ1v) is 13.4. The molecule has 0 atom stereocenters. The van der Waals surface area contributed by atoms with Crippen LogP contribution >= 0.6 is 0 Å². The molecule has 0 saturated heterocycles. The molecule has 4 N–H and O–H groups in total. The highest BCUT2D eigenvalue weighted by atomic mass is 32.2. The van der Waals surface area contributed by atoms with Crippen molar-refractivity contribution in [3.05, 3.63) is 71.5 Å². The van der Waals surface area contributed by atoms with Crippen molar-refractivity contribution < 1.29 is 39.2 Å². The van der Waals surface area contributed by atoms with Gasteiger partial charge in [-0.15, -0.1) is 0 Å². The van der Waals surface area contributed by atoms with Crippen molar-refractivity contribution in [3.8, 4) is 11.3 Å². The van der Waals surface area contributed by atoms with Gasteiger partial charge in [-0.05, 0) is 66.9 Å². The van der Waals surface area contributed by atoms with Crippen molar-refractivity contribution in [2.24, 2.45) is 5.14 Å². The molecule has 5 rings (SSSR count). The molecule has 2 heterocycles. The van der Waals surface area contributed by atoms with Gasteiger partial charge in [0.25, 0.3) is 0 Å². The van der Waals surface area contributed by atoms with E-state index < -0.39 is 44.2 Å². The average molecular weight is 601 g/mol. The van der Waals surface area contributed by atoms with Gasteiger partial charge in [-0.2, -0.15) is 31.3 Å². The van der Waals surface area contributed by atoms with Gasteiger partial charge in [-0.3, -0.25) is 0 Å². The molecule has 0 spiro atoms. The van der Waals surface area contributed by atoms with E-state index in [9.17, 15) is 39.2 Å². The Morgan fingerprint density at radius 3 is 2.17 bits per heavy atom. The number of nitrogens with one attached hydrogen (secondary N) is 2. The van der Waals surface area contributed by atoms with Crippen molar-refractivity contribution in [3.63, 3.8) is 0 Å². The largest absolute Gasteiger partial charge is 0.417 e. The number of hydrogen-bond acceptors (Lipinski definition) is 7. The second-order valence-corrected chi connectivity index (χ2v) is 10.9. The predicted molar refractivity (Wildman–Crippen MR) is 135 cm³/mol. The lowest BCUT2D eigenvalue weighted by Gasteiger charge is -2.22. The van der Waals surface area contributed by atoms with Crippen LogP contribution in [-0.2, 0) is 22.7 Å². The molecular weight excluding hydrogens is 581 g/mol. The molecule has 0 amide bonds. The van der Waals surface area contributed by atoms with Gasteiger partial charge in [-0.1, -0.05) is 6.07 Å². The number of benzene rings is 2. The summed E-state index contributed by atoms with van der Waals surface area (Å²) in [4.78, 5) is 11.7. The van der Waals surface area contributed by atoms with Crippen molar-refractivity contribution in [2.45, 2.75) is 42.2 Å². The molecule has 1 fully saturated rings. The Hall–Kier alpha value is -4.05. The minimum Gasteiger partial charge on any atom is -0.354 e. The minimum atomic E-state index is -4.98. The second kappa shape index (κ2) is 9.80. The molecule has 41 heavy (non-hydrogen) atoms. The van der Waals surface area contributed by atoms with Crippen molar-refractivity contribution >= 4 is 32.8 Å². The number of aromatic nitrogens is 3. The van der Waals surface area contributed by atoms with Gasteiger partial charge in [0, 0.05) is 12.1 Å². The Balaban J connectivity index is 1.52. The SMILES string of the molecule is NS(=O)(=O)c1cc(CNc2nc(NC3(C(F)(F)F)CC3)c3nc(-c4ccc(F)cc4)ccc3n2)ccc1C(F)(F)F. The summed E-state index contributed by atoms with van der Waals surface area (Å²) < 4.78 is 118. The van der Waals surface area contributed by atoms with E-state index in [0.717, 1.165) is 12.1 Å². The number of halogens is 7. The monoisotopic (exact) mass is 600 g/mol. The van der Waals surface area contributed by atoms with Crippen LogP contribution in [0.3, 0.4) is 0 Å². The minimum absolute atomic E-state index is 0.000980. The number of hydrogen-bond donors (Lipinski definition) is 3. The van der Waals surface area contributed by atoms with E-state index in [1.54, 1.807) is 0 Å². The Bertz CT molecular complexity index is 1740. The summed E-state index contributed by atoms with van der Waals surface area (Å²) in [5.41, 5.74) is -2.67. The normalized spacial score (nSPS) is 15.1. The smallest absolute Gasteiger partial charge is 0.354 e. The fourth-order valence-corrected chi connectivity index (χ4v) is 4.93. The summed E-state index contributed by atoms with van der Waals surface area (Å²) in [6.45, 7) is -0.295. The molecule has 1 saturated carbocycles. The maximum absolute atomic E-state index is 13.8. The van der Waals surface area contributed by atoms with Crippen LogP contribution in [0.1, 0.15) is 24.0 Å². The van der Waals surface area contributed by atoms with Gasteiger partial charge in [0.05, 0.1) is 21.7 Å². The molecule has 8 nitrogen and oxygen atoms in total. The molecule has 4 aromatic rings. The highest BCUT2D eigenvalue weighted by Gasteiger charge is 2.64. The Kier molecular flexibility index (Phi) is 6.80. The van der Waals surface area contributed by atoms with Crippen molar-refractivity contribution in [1.82, 2.24) is 15.0 Å². The topological polar surface area (TPSA) is 123 Å². The number of rotatable bonds is 7. The maximum atomic E-state index is 13.8. The van der Waals surface area contributed by atoms with E-state index in [1.165, 1.54) is 36.4 Å². The third kappa shape index (κ3) is 5.88. The molecule has 0 radical (unpaired) electrons. The van der Waals surface area contributed by atoms with E-state index in [-0.39, 0.29) is 47.7 Å². The average Bonchev–Trinajstić information content (AvgIpc) is 3.67. The lowest BCUT2D eigenvalue weighted by atomic mass is 10.1. The van der Waals surface area contributed by atoms with Crippen LogP contribution in [0.5, 0.6) is 0 Å². The first kappa shape index (κ1) is 28.5. The standard InChI is InChI=1S/C25H19F7N6O2S/c26-15-4-2-14(3-5-15)17-7-8-18-20(35-17)21(38-23(9-10-23)25(30,31)32)37-22(36-18)34-12-13-1-6-16(24(27,28)29)19(11-13)41(33,39)40/h1-8,11H,9-10,12H2,(H2,33,39,40)(H2,34,36,37,38). The molecule has 216 valence electrons. The predicted octanol–water partition coefficient (Wildman–Crippen LogP) is 5.62. The van der Waals surface area contributed by atoms with Gasteiger partial charge in [0.1, 0.15) is 16.9 Å². The van der Waals surface area contributed by atoms with Crippen LogP contribution in [0.25, 0.3) is 22.3 Å². The van der Waals surface area contributed by atoms with E-state index in [1.807, 2.05) is 0 Å². The third-order valence-electron chi connectivity index (χ3n) is 6.44. The summed E-state index contributed by atoms with van der Waals surface area (Å²) >= 11 is 0. The number of sulfonamides is 1. The number of pyridine rings is 1. The van der Waals surface area contributed by atoms with Crippen LogP contribution in [0.15, 0.2) is 59.5 Å². The van der Waals surface area contributed by atoms with Gasteiger partial charge < -0.3 is 10.6 Å². The molecular formula is C25H19F7N6O2S. The Morgan fingerprint density at radius 1 is 0.902 bits per heavy atom. The Morgan fingerprint density at radius 2 is 1.59 bits per heavy atom. The fraction of sp³-hybridized carbons (Fsp3) is 0.240. The lowest BCUT2D eigenvalue weighted by molar-refractivity contribution is -0.151. The van der Waals surface area contributed by atoms with Gasteiger partial charge >= 0.3 is 12.4 Å². The van der Waals surface area contributed by atoms with Crippen molar-refractivity contribution in [2.75, 3.05) is 10.6 Å². The summed E-state index contributed by atoms with van der Waals surface area (Å²) in [6, 6.07) is 10.6. The van der Waals surface area contributed by atoms with Crippen LogP contribution in [-0.4, -0.2) is 35.1 Å². The number of fused-ring (bicyclic) bond motifs is 1. The lowest BCUT2D eigenvalue weighted by Crippen LogP contribution is -2.39. The zero-order chi connectivity index (χ0) is 29.8. The highest BCUT2D eigenvalue weighted by molar-refractivity contribution is 7.89. The first-order chi connectivity index (χ1) is 19.1. The van der Waals surface area contributed by atoms with Crippen LogP contribution in [0, 0.1) is 5.82 Å². The molecule has 1 aliphatic carbocycles. The number of alkyl halides is 6. The molecule has 0 aliphatic heterocycles. The second-order valence-electron chi connectivity index (χ2n) is 9.40. The van der Waals surface area contributed by atoms with Crippen LogP contribution < -0.4 is 15.8 Å². The zero-order valence-electron chi connectivity index (χ0n) is 20.6. The zero-order valence-corrected chi connectivity index (χ0v) is 21.4. The summed E-state index contributed by atoms with van der Waals surface area (Å²) in [6.07, 6.45) is -9.99. The molecule has 1 aliphatic rings. The summed E-state index contributed by atoms with van der Waals surface area (Å²) in [5.74, 6) is -0.943. The van der Waals surface area contributed by atoms with Crippen LogP contribution in [0.2, 0.25) is 0 Å². The van der Waals surface area contributed by atoms with Gasteiger partial charge in [0.2, 0.25) is 16.0 Å². The summed E-state index contributed by atoms with van der Waals surface area (Å²) in [7, 11) is -4.74. The first-order valence-electron chi connectivity index (χ1n) is 11.8. The molecule has 0 bridgehead atoms. The van der Waals surface area contributed by atoms with E-state index >= 15 is 0 Å². The fourth-order valence-electron chi connectivity index (χ4n) is 4.12. The van der Waals surface area contributed by atoms with Crippen LogP contribution in [0.4, 0.5) is 42.5 Å². The van der Waals surface area contributed by atoms with E-state index in [0.29, 0.717) is 17.3 Å². The molecule has 2 aromatic heterocycles. The quantitative estimate of drug-likeness (QED) is 0.236. The Labute approximate surface area is 227 Å². The number of nitrogens with two attached hydrogens (primary N) is 1. The highest BCUT2D eigenvalue weighted by Crippen LogP contribution is 2.51. The maximum Gasteiger partial charge on any atom is 0.417 e. The number of nitrogens with zero attached hydrogens (tertiary/aromatic N) is 3. The number of anilines is 2. The third-order valence-corrected chi connectivity index (χ3v) is 7.39. The van der Waals surface area contributed by atoms with Gasteiger partial charge in [0.15, 0.2) is 5.82 Å². The molecule has 16 heteroatoms. The van der Waals surface area contributed by atoms with E-state index in [2.05, 4.69) is 25.6 Å². The summed E-state index contributed by atoms with van der Waals surface area (Å²) in [5, 5.41) is 10.1. The molecule has 0 unspecified atom stereocenters.